The quantitative estimate of drug-likeness (QED) is 0.912. The van der Waals surface area contributed by atoms with Crippen LogP contribution in [0.4, 0.5) is 5.69 Å². The van der Waals surface area contributed by atoms with Crippen molar-refractivity contribution in [2.75, 3.05) is 30.8 Å². The van der Waals surface area contributed by atoms with Crippen molar-refractivity contribution in [1.82, 2.24) is 5.32 Å². The van der Waals surface area contributed by atoms with E-state index in [-0.39, 0.29) is 0 Å². The Morgan fingerprint density at radius 3 is 2.68 bits per heavy atom. The Hall–Kier alpha value is -1.07. The fraction of sp³-hybridized carbons (Fsp3) is 0.571. The molecule has 0 bridgehead atoms. The second-order valence-corrected chi connectivity index (χ2v) is 7.01. The number of rotatable bonds is 4. The topological polar surface area (TPSA) is 49.4 Å². The maximum atomic E-state index is 11.9. The average Bonchev–Trinajstić information content (AvgIpc) is 2.40. The van der Waals surface area contributed by atoms with Gasteiger partial charge in [-0.25, -0.2) is 8.42 Å². The first-order chi connectivity index (χ1) is 9.04. The maximum Gasteiger partial charge on any atom is 0.177 e. The molecule has 1 heterocycles. The van der Waals surface area contributed by atoms with Gasteiger partial charge in [0.05, 0.1) is 10.6 Å². The van der Waals surface area contributed by atoms with Crippen molar-refractivity contribution in [1.29, 1.82) is 0 Å². The van der Waals surface area contributed by atoms with E-state index in [0.29, 0.717) is 10.9 Å². The monoisotopic (exact) mass is 282 g/mol. The molecule has 0 spiro atoms. The van der Waals surface area contributed by atoms with Gasteiger partial charge in [-0.15, -0.1) is 0 Å². The third-order valence-corrected chi connectivity index (χ3v) is 4.77. The summed E-state index contributed by atoms with van der Waals surface area (Å²) < 4.78 is 23.8. The SMILES string of the molecule is CCN(c1ccccc1S(C)(=O)=O)C1CCCNC1. The summed E-state index contributed by atoms with van der Waals surface area (Å²) in [6.07, 6.45) is 3.53. The molecule has 2 rings (SSSR count). The lowest BCUT2D eigenvalue weighted by Gasteiger charge is -2.36. The van der Waals surface area contributed by atoms with Crippen LogP contribution in [0.3, 0.4) is 0 Å². The van der Waals surface area contributed by atoms with Crippen molar-refractivity contribution in [3.63, 3.8) is 0 Å². The molecule has 1 aromatic carbocycles. The lowest BCUT2D eigenvalue weighted by molar-refractivity contribution is 0.434. The Morgan fingerprint density at radius 1 is 1.37 bits per heavy atom. The summed E-state index contributed by atoms with van der Waals surface area (Å²) in [7, 11) is -3.19. The van der Waals surface area contributed by atoms with Gasteiger partial charge in [0, 0.05) is 25.4 Å². The van der Waals surface area contributed by atoms with Crippen LogP contribution in [-0.2, 0) is 9.84 Å². The number of nitrogens with zero attached hydrogens (tertiary/aromatic N) is 1. The first kappa shape index (κ1) is 14.3. The number of hydrogen-bond acceptors (Lipinski definition) is 4. The van der Waals surface area contributed by atoms with Gasteiger partial charge in [-0.2, -0.15) is 0 Å². The molecular formula is C14H22N2O2S. The molecule has 1 N–H and O–H groups in total. The largest absolute Gasteiger partial charge is 0.366 e. The van der Waals surface area contributed by atoms with Gasteiger partial charge >= 0.3 is 0 Å². The Labute approximate surface area is 115 Å². The highest BCUT2D eigenvalue weighted by molar-refractivity contribution is 7.90. The number of sulfone groups is 1. The van der Waals surface area contributed by atoms with Crippen LogP contribution in [0.25, 0.3) is 0 Å². The minimum atomic E-state index is -3.19. The van der Waals surface area contributed by atoms with Crippen LogP contribution in [-0.4, -0.2) is 40.3 Å². The first-order valence-electron chi connectivity index (χ1n) is 6.80. The molecule has 19 heavy (non-hydrogen) atoms. The second-order valence-electron chi connectivity index (χ2n) is 5.03. The van der Waals surface area contributed by atoms with E-state index >= 15 is 0 Å². The summed E-state index contributed by atoms with van der Waals surface area (Å²) in [6.45, 7) is 4.88. The smallest absolute Gasteiger partial charge is 0.177 e. The molecule has 0 amide bonds. The molecule has 106 valence electrons. The van der Waals surface area contributed by atoms with Crippen LogP contribution in [0.1, 0.15) is 19.8 Å². The fourth-order valence-electron chi connectivity index (χ4n) is 2.73. The van der Waals surface area contributed by atoms with Crippen LogP contribution in [0.5, 0.6) is 0 Å². The summed E-state index contributed by atoms with van der Waals surface area (Å²) in [5, 5.41) is 3.39. The molecule has 0 aliphatic carbocycles. The fourth-order valence-corrected chi connectivity index (χ4v) is 3.62. The minimum Gasteiger partial charge on any atom is -0.366 e. The summed E-state index contributed by atoms with van der Waals surface area (Å²) in [6, 6.07) is 7.68. The molecule has 0 radical (unpaired) electrons. The molecule has 1 fully saturated rings. The van der Waals surface area contributed by atoms with Gasteiger partial charge in [-0.1, -0.05) is 12.1 Å². The van der Waals surface area contributed by atoms with E-state index < -0.39 is 9.84 Å². The molecule has 0 aromatic heterocycles. The van der Waals surface area contributed by atoms with E-state index in [4.69, 9.17) is 0 Å². The van der Waals surface area contributed by atoms with Gasteiger partial charge in [0.2, 0.25) is 0 Å². The van der Waals surface area contributed by atoms with Crippen molar-refractivity contribution in [2.45, 2.75) is 30.7 Å². The van der Waals surface area contributed by atoms with Crippen molar-refractivity contribution in [3.05, 3.63) is 24.3 Å². The third-order valence-electron chi connectivity index (χ3n) is 3.63. The standard InChI is InChI=1S/C14H22N2O2S/c1-3-16(12-7-6-10-15-11-12)13-8-4-5-9-14(13)19(2,17)18/h4-5,8-9,12,15H,3,6-7,10-11H2,1-2H3. The maximum absolute atomic E-state index is 11.9. The predicted molar refractivity (Wildman–Crippen MR) is 78.5 cm³/mol. The minimum absolute atomic E-state index is 0.377. The van der Waals surface area contributed by atoms with Crippen LogP contribution in [0.15, 0.2) is 29.2 Å². The lowest BCUT2D eigenvalue weighted by atomic mass is 10.0. The Morgan fingerprint density at radius 2 is 2.11 bits per heavy atom. The molecule has 1 aliphatic rings. The van der Waals surface area contributed by atoms with Gasteiger partial charge in [-0.3, -0.25) is 0 Å². The van der Waals surface area contributed by atoms with E-state index in [1.54, 1.807) is 12.1 Å². The van der Waals surface area contributed by atoms with Crippen molar-refractivity contribution < 1.29 is 8.42 Å². The highest BCUT2D eigenvalue weighted by atomic mass is 32.2. The Bertz CT molecular complexity index is 522. The lowest BCUT2D eigenvalue weighted by Crippen LogP contribution is -2.46. The molecule has 0 saturated carbocycles. The highest BCUT2D eigenvalue weighted by Gasteiger charge is 2.24. The van der Waals surface area contributed by atoms with Crippen LogP contribution in [0, 0.1) is 0 Å². The van der Waals surface area contributed by atoms with Crippen LogP contribution < -0.4 is 10.2 Å². The molecular weight excluding hydrogens is 260 g/mol. The van der Waals surface area contributed by atoms with Crippen molar-refractivity contribution in [2.24, 2.45) is 0 Å². The number of benzene rings is 1. The molecule has 4 nitrogen and oxygen atoms in total. The normalized spacial score (nSPS) is 20.2. The first-order valence-corrected chi connectivity index (χ1v) is 8.69. The van der Waals surface area contributed by atoms with Crippen LogP contribution in [0.2, 0.25) is 0 Å². The molecule has 1 aromatic rings. The van der Waals surface area contributed by atoms with E-state index in [1.165, 1.54) is 6.26 Å². The molecule has 1 atom stereocenters. The van der Waals surface area contributed by atoms with Gasteiger partial charge in [0.15, 0.2) is 9.84 Å². The van der Waals surface area contributed by atoms with Crippen molar-refractivity contribution >= 4 is 15.5 Å². The van der Waals surface area contributed by atoms with Gasteiger partial charge in [0.25, 0.3) is 0 Å². The van der Waals surface area contributed by atoms with Gasteiger partial charge in [0.1, 0.15) is 0 Å². The van der Waals surface area contributed by atoms with Gasteiger partial charge in [-0.05, 0) is 38.4 Å². The molecule has 5 heteroatoms. The number of piperidine rings is 1. The number of para-hydroxylation sites is 1. The van der Waals surface area contributed by atoms with Gasteiger partial charge < -0.3 is 10.2 Å². The van der Waals surface area contributed by atoms with E-state index in [9.17, 15) is 8.42 Å². The number of likely N-dealkylation sites (N-methyl/N-ethyl adjacent to an activating group) is 1. The number of anilines is 1. The molecule has 1 saturated heterocycles. The number of hydrogen-bond donors (Lipinski definition) is 1. The van der Waals surface area contributed by atoms with E-state index in [1.807, 2.05) is 12.1 Å². The summed E-state index contributed by atoms with van der Waals surface area (Å²) in [5.74, 6) is 0. The second kappa shape index (κ2) is 5.92. The molecule has 1 aliphatic heterocycles. The average molecular weight is 282 g/mol. The zero-order valence-corrected chi connectivity index (χ0v) is 12.4. The third kappa shape index (κ3) is 3.28. The summed E-state index contributed by atoms with van der Waals surface area (Å²) >= 11 is 0. The Balaban J connectivity index is 2.38. The molecule has 1 unspecified atom stereocenters. The van der Waals surface area contributed by atoms with E-state index in [0.717, 1.165) is 38.2 Å². The highest BCUT2D eigenvalue weighted by Crippen LogP contribution is 2.28. The van der Waals surface area contributed by atoms with Crippen molar-refractivity contribution in [3.8, 4) is 0 Å². The van der Waals surface area contributed by atoms with E-state index in [2.05, 4.69) is 17.1 Å². The zero-order chi connectivity index (χ0) is 13.9. The predicted octanol–water partition coefficient (Wildman–Crippen LogP) is 1.67. The number of nitrogens with one attached hydrogen (secondary N) is 1. The Kier molecular flexibility index (Phi) is 4.47. The van der Waals surface area contributed by atoms with Crippen LogP contribution >= 0.6 is 0 Å². The summed E-state index contributed by atoms with van der Waals surface area (Å²) in [5.41, 5.74) is 0.834. The summed E-state index contributed by atoms with van der Waals surface area (Å²) in [4.78, 5) is 2.64. The zero-order valence-electron chi connectivity index (χ0n) is 11.6.